The summed E-state index contributed by atoms with van der Waals surface area (Å²) in [6, 6.07) is 0. The van der Waals surface area contributed by atoms with Crippen LogP contribution in [0.25, 0.3) is 0 Å². The summed E-state index contributed by atoms with van der Waals surface area (Å²) in [4.78, 5) is 0. The first-order valence-electron chi connectivity index (χ1n) is 4.45. The second-order valence-corrected chi connectivity index (χ2v) is 5.45. The van der Waals surface area contributed by atoms with Gasteiger partial charge in [-0.05, 0) is 46.8 Å². The van der Waals surface area contributed by atoms with Crippen LogP contribution < -0.4 is 16.4 Å². The Bertz CT molecular complexity index is 176. The molecule has 0 aliphatic heterocycles. The zero-order valence-corrected chi connectivity index (χ0v) is 10.0. The van der Waals surface area contributed by atoms with Gasteiger partial charge in [-0.3, -0.25) is 0 Å². The molecule has 0 amide bonds. The predicted molar refractivity (Wildman–Crippen MR) is 61.8 cm³/mol. The van der Waals surface area contributed by atoms with Gasteiger partial charge in [-0.15, -0.1) is 0 Å². The predicted octanol–water partition coefficient (Wildman–Crippen LogP) is 0.986. The van der Waals surface area contributed by atoms with E-state index in [0.29, 0.717) is 11.7 Å². The number of rotatable bonds is 2. The summed E-state index contributed by atoms with van der Waals surface area (Å²) < 4.78 is 0. The van der Waals surface area contributed by atoms with E-state index in [1.54, 1.807) is 0 Å². The fourth-order valence-corrected chi connectivity index (χ4v) is 1.07. The molecule has 13 heavy (non-hydrogen) atoms. The standard InChI is InChI=1S/C9H21N3S/c1-8(2,3)12-7(13)11-6-9(4,5)10/h6,10H2,1-5H3,(H2,11,12,13). The van der Waals surface area contributed by atoms with E-state index >= 15 is 0 Å². The van der Waals surface area contributed by atoms with Gasteiger partial charge in [-0.25, -0.2) is 0 Å². The van der Waals surface area contributed by atoms with E-state index in [1.165, 1.54) is 0 Å². The molecule has 0 aromatic carbocycles. The first-order chi connectivity index (χ1) is 5.60. The molecule has 4 heteroatoms. The van der Waals surface area contributed by atoms with Gasteiger partial charge in [0, 0.05) is 17.6 Å². The molecule has 0 heterocycles. The maximum atomic E-state index is 5.80. The molecule has 0 unspecified atom stereocenters. The fourth-order valence-electron chi connectivity index (χ4n) is 0.693. The summed E-state index contributed by atoms with van der Waals surface area (Å²) in [5.74, 6) is 0. The van der Waals surface area contributed by atoms with Gasteiger partial charge in [0.05, 0.1) is 0 Å². The maximum Gasteiger partial charge on any atom is 0.166 e. The summed E-state index contributed by atoms with van der Waals surface area (Å²) in [5.41, 5.74) is 5.57. The zero-order chi connectivity index (χ0) is 10.7. The second-order valence-electron chi connectivity index (χ2n) is 5.05. The molecule has 4 N–H and O–H groups in total. The lowest BCUT2D eigenvalue weighted by Gasteiger charge is -2.26. The summed E-state index contributed by atoms with van der Waals surface area (Å²) >= 11 is 5.09. The Morgan fingerprint density at radius 1 is 1.23 bits per heavy atom. The highest BCUT2D eigenvalue weighted by molar-refractivity contribution is 7.80. The van der Waals surface area contributed by atoms with Crippen LogP contribution in [0.5, 0.6) is 0 Å². The van der Waals surface area contributed by atoms with Crippen molar-refractivity contribution < 1.29 is 0 Å². The minimum Gasteiger partial charge on any atom is -0.361 e. The van der Waals surface area contributed by atoms with Crippen LogP contribution in [0.3, 0.4) is 0 Å². The first-order valence-corrected chi connectivity index (χ1v) is 4.86. The molecule has 0 saturated heterocycles. The molecule has 0 aliphatic rings. The zero-order valence-electron chi connectivity index (χ0n) is 9.19. The summed E-state index contributed by atoms with van der Waals surface area (Å²) in [7, 11) is 0. The molecule has 0 aromatic rings. The van der Waals surface area contributed by atoms with E-state index in [-0.39, 0.29) is 11.1 Å². The lowest BCUT2D eigenvalue weighted by atomic mass is 10.1. The van der Waals surface area contributed by atoms with Gasteiger partial charge in [-0.1, -0.05) is 0 Å². The van der Waals surface area contributed by atoms with E-state index in [0.717, 1.165) is 0 Å². The van der Waals surface area contributed by atoms with Crippen LogP contribution in [0, 0.1) is 0 Å². The van der Waals surface area contributed by atoms with E-state index in [2.05, 4.69) is 31.4 Å². The molecule has 0 fully saturated rings. The lowest BCUT2D eigenvalue weighted by molar-refractivity contribution is 0.480. The third-order valence-electron chi connectivity index (χ3n) is 1.19. The highest BCUT2D eigenvalue weighted by Gasteiger charge is 2.14. The molecule has 78 valence electrons. The van der Waals surface area contributed by atoms with Crippen LogP contribution in [0.15, 0.2) is 0 Å². The lowest BCUT2D eigenvalue weighted by Crippen LogP contribution is -2.51. The van der Waals surface area contributed by atoms with Crippen molar-refractivity contribution in [2.75, 3.05) is 6.54 Å². The molecule has 0 rings (SSSR count). The topological polar surface area (TPSA) is 50.1 Å². The van der Waals surface area contributed by atoms with Crippen molar-refractivity contribution in [3.8, 4) is 0 Å². The van der Waals surface area contributed by atoms with Crippen LogP contribution in [0.2, 0.25) is 0 Å². The Balaban J connectivity index is 3.78. The van der Waals surface area contributed by atoms with E-state index in [9.17, 15) is 0 Å². The third-order valence-corrected chi connectivity index (χ3v) is 1.44. The van der Waals surface area contributed by atoms with Gasteiger partial charge in [0.2, 0.25) is 0 Å². The van der Waals surface area contributed by atoms with Crippen molar-refractivity contribution in [2.45, 2.75) is 45.7 Å². The van der Waals surface area contributed by atoms with Gasteiger partial charge >= 0.3 is 0 Å². The maximum absolute atomic E-state index is 5.80. The molecule has 0 spiro atoms. The average Bonchev–Trinajstić information content (AvgIpc) is 1.78. The quantitative estimate of drug-likeness (QED) is 0.586. The van der Waals surface area contributed by atoms with Crippen LogP contribution in [-0.4, -0.2) is 22.7 Å². The van der Waals surface area contributed by atoms with Crippen LogP contribution >= 0.6 is 12.2 Å². The van der Waals surface area contributed by atoms with Crippen LogP contribution in [0.4, 0.5) is 0 Å². The Morgan fingerprint density at radius 3 is 2.00 bits per heavy atom. The van der Waals surface area contributed by atoms with Gasteiger partial charge in [-0.2, -0.15) is 0 Å². The van der Waals surface area contributed by atoms with Gasteiger partial charge in [0.15, 0.2) is 5.11 Å². The second kappa shape index (κ2) is 4.24. The normalized spacial score (nSPS) is 12.5. The minimum atomic E-state index is -0.233. The summed E-state index contributed by atoms with van der Waals surface area (Å²) in [6.45, 7) is 10.8. The van der Waals surface area contributed by atoms with Crippen molar-refractivity contribution in [3.63, 3.8) is 0 Å². The molecule has 0 aliphatic carbocycles. The van der Waals surface area contributed by atoms with Gasteiger partial charge in [0.1, 0.15) is 0 Å². The molecular formula is C9H21N3S. The summed E-state index contributed by atoms with van der Waals surface area (Å²) in [6.07, 6.45) is 0. The van der Waals surface area contributed by atoms with Crippen molar-refractivity contribution in [1.29, 1.82) is 0 Å². The Labute approximate surface area is 86.5 Å². The van der Waals surface area contributed by atoms with Crippen LogP contribution in [0.1, 0.15) is 34.6 Å². The number of thiocarbonyl (C=S) groups is 1. The Hall–Kier alpha value is -0.350. The molecule has 0 radical (unpaired) electrons. The monoisotopic (exact) mass is 203 g/mol. The van der Waals surface area contributed by atoms with Crippen molar-refractivity contribution >= 4 is 17.3 Å². The minimum absolute atomic E-state index is 0.00280. The molecule has 3 nitrogen and oxygen atoms in total. The van der Waals surface area contributed by atoms with Crippen LogP contribution in [-0.2, 0) is 0 Å². The van der Waals surface area contributed by atoms with Crippen molar-refractivity contribution in [1.82, 2.24) is 10.6 Å². The number of hydrogen-bond donors (Lipinski definition) is 3. The van der Waals surface area contributed by atoms with Gasteiger partial charge in [0.25, 0.3) is 0 Å². The SMILES string of the molecule is CC(C)(N)CNC(=S)NC(C)(C)C. The third kappa shape index (κ3) is 9.56. The van der Waals surface area contributed by atoms with E-state index in [1.807, 2.05) is 13.8 Å². The molecule has 0 saturated carbocycles. The first kappa shape index (κ1) is 12.7. The largest absolute Gasteiger partial charge is 0.361 e. The Kier molecular flexibility index (Phi) is 4.13. The van der Waals surface area contributed by atoms with Crippen molar-refractivity contribution in [3.05, 3.63) is 0 Å². The Morgan fingerprint density at radius 2 is 1.69 bits per heavy atom. The summed E-state index contributed by atoms with van der Waals surface area (Å²) in [5, 5.41) is 6.89. The molecule has 0 bridgehead atoms. The molecule has 0 aromatic heterocycles. The van der Waals surface area contributed by atoms with Crippen molar-refractivity contribution in [2.24, 2.45) is 5.73 Å². The van der Waals surface area contributed by atoms with Gasteiger partial charge < -0.3 is 16.4 Å². The fraction of sp³-hybridized carbons (Fsp3) is 0.889. The highest BCUT2D eigenvalue weighted by atomic mass is 32.1. The smallest absolute Gasteiger partial charge is 0.166 e. The number of nitrogens with two attached hydrogens (primary N) is 1. The number of nitrogens with one attached hydrogen (secondary N) is 2. The van der Waals surface area contributed by atoms with E-state index < -0.39 is 0 Å². The number of hydrogen-bond acceptors (Lipinski definition) is 2. The highest BCUT2D eigenvalue weighted by Crippen LogP contribution is 1.98. The average molecular weight is 203 g/mol. The van der Waals surface area contributed by atoms with E-state index in [4.69, 9.17) is 18.0 Å². The molecule has 0 atom stereocenters. The molecular weight excluding hydrogens is 182 g/mol.